The average Bonchev–Trinajstić information content (AvgIpc) is 3.39. The maximum atomic E-state index is 13.4. The van der Waals surface area contributed by atoms with Crippen LogP contribution in [-0.2, 0) is 30.4 Å². The molecule has 2 aliphatic heterocycles. The van der Waals surface area contributed by atoms with E-state index in [0.717, 1.165) is 12.7 Å². The van der Waals surface area contributed by atoms with Crippen molar-refractivity contribution in [2.75, 3.05) is 13.9 Å². The largest absolute Gasteiger partial charge is 0.534 e. The summed E-state index contributed by atoms with van der Waals surface area (Å²) in [4.78, 5) is 12.9. The Morgan fingerprint density at radius 3 is 2.41 bits per heavy atom. The fourth-order valence-electron chi connectivity index (χ4n) is 3.94. The van der Waals surface area contributed by atoms with Gasteiger partial charge in [-0.25, -0.2) is 4.79 Å². The molecule has 1 unspecified atom stereocenters. The Morgan fingerprint density at radius 1 is 0.974 bits per heavy atom. The molecule has 1 atom stereocenters. The third kappa shape index (κ3) is 5.17. The fourth-order valence-corrected chi connectivity index (χ4v) is 4.43. The number of halogens is 3. The number of hydrogen-bond donors (Lipinski definition) is 0. The van der Waals surface area contributed by atoms with E-state index in [4.69, 9.17) is 23.7 Å². The first-order valence-corrected chi connectivity index (χ1v) is 12.7. The van der Waals surface area contributed by atoms with Crippen molar-refractivity contribution in [3.8, 4) is 23.0 Å². The van der Waals surface area contributed by atoms with Crippen molar-refractivity contribution in [1.29, 1.82) is 0 Å². The van der Waals surface area contributed by atoms with Gasteiger partial charge in [0.15, 0.2) is 23.4 Å². The van der Waals surface area contributed by atoms with Crippen LogP contribution in [0.1, 0.15) is 22.8 Å². The van der Waals surface area contributed by atoms with Crippen molar-refractivity contribution in [2.24, 2.45) is 0 Å². The smallest absolute Gasteiger partial charge is 0.489 e. The topological polar surface area (TPSA) is 107 Å². The first kappa shape index (κ1) is 26.2. The Morgan fingerprint density at radius 2 is 1.69 bits per heavy atom. The Hall–Kier alpha value is -4.39. The van der Waals surface area contributed by atoms with Crippen LogP contribution in [0, 0.1) is 0 Å². The molecular weight excluding hydrogens is 545 g/mol. The molecule has 5 rings (SSSR count). The molecule has 204 valence electrons. The first-order chi connectivity index (χ1) is 18.6. The second-order valence-electron chi connectivity index (χ2n) is 8.26. The third-order valence-corrected chi connectivity index (χ3v) is 6.73. The molecule has 2 heterocycles. The van der Waals surface area contributed by atoms with E-state index in [-0.39, 0.29) is 36.0 Å². The number of hydrogen-bond acceptors (Lipinski definition) is 9. The summed E-state index contributed by atoms with van der Waals surface area (Å²) in [5, 5.41) is 0. The lowest BCUT2D eigenvalue weighted by molar-refractivity contribution is -0.137. The molecule has 0 radical (unpaired) electrons. The molecule has 0 amide bonds. The summed E-state index contributed by atoms with van der Waals surface area (Å²) in [6.07, 6.45) is -1.42. The molecule has 39 heavy (non-hydrogen) atoms. The van der Waals surface area contributed by atoms with E-state index in [0.29, 0.717) is 11.5 Å². The number of carbonyl (C=O) groups is 1. The fraction of sp³-hybridized carbons (Fsp3) is 0.192. The molecule has 0 saturated heterocycles. The number of ether oxygens (including phenoxy) is 5. The molecule has 0 aliphatic carbocycles. The zero-order chi connectivity index (χ0) is 27.8. The van der Waals surface area contributed by atoms with Crippen LogP contribution in [0.15, 0.2) is 72.3 Å². The van der Waals surface area contributed by atoms with Crippen LogP contribution in [0.2, 0.25) is 0 Å². The minimum absolute atomic E-state index is 0.0587. The number of rotatable bonds is 7. The van der Waals surface area contributed by atoms with Gasteiger partial charge in [-0.3, -0.25) is 0 Å². The van der Waals surface area contributed by atoms with Crippen LogP contribution in [0.4, 0.5) is 13.2 Å². The second-order valence-corrected chi connectivity index (χ2v) is 9.80. The number of fused-ring (bicyclic) bond motifs is 2. The van der Waals surface area contributed by atoms with Gasteiger partial charge in [-0.1, -0.05) is 36.4 Å². The molecule has 3 aromatic carbocycles. The molecule has 2 aliphatic rings. The summed E-state index contributed by atoms with van der Waals surface area (Å²) in [7, 11) is -5.22. The molecule has 0 bridgehead atoms. The van der Waals surface area contributed by atoms with Crippen LogP contribution in [0.3, 0.4) is 0 Å². The second kappa shape index (κ2) is 10.1. The van der Waals surface area contributed by atoms with E-state index in [1.165, 1.54) is 36.4 Å². The van der Waals surface area contributed by atoms with Crippen molar-refractivity contribution >= 4 is 21.8 Å². The molecule has 13 heteroatoms. The highest BCUT2D eigenvalue weighted by atomic mass is 32.2. The summed E-state index contributed by atoms with van der Waals surface area (Å²) in [6, 6.07) is 17.5. The van der Waals surface area contributed by atoms with Gasteiger partial charge in [-0.05, 0) is 35.9 Å². The Kier molecular flexibility index (Phi) is 6.76. The minimum atomic E-state index is -6.20. The SMILES string of the molecule is COC(=O)C1=C(OS(=O)(=O)C(F)(F)F)c2cc(OCc3ccccc3)ccc2OC1c1ccc2c(c1)OCO2. The van der Waals surface area contributed by atoms with Crippen LogP contribution >= 0.6 is 0 Å². The summed E-state index contributed by atoms with van der Waals surface area (Å²) in [6.45, 7) is 0.0434. The highest BCUT2D eigenvalue weighted by molar-refractivity contribution is 7.87. The molecule has 0 fully saturated rings. The van der Waals surface area contributed by atoms with Crippen LogP contribution in [0.25, 0.3) is 5.76 Å². The molecule has 0 saturated carbocycles. The van der Waals surface area contributed by atoms with Crippen molar-refractivity contribution in [1.82, 2.24) is 0 Å². The van der Waals surface area contributed by atoms with Crippen molar-refractivity contribution in [3.05, 3.63) is 89.0 Å². The number of benzene rings is 3. The zero-order valence-corrected chi connectivity index (χ0v) is 20.9. The van der Waals surface area contributed by atoms with Crippen LogP contribution in [0.5, 0.6) is 23.0 Å². The van der Waals surface area contributed by atoms with Crippen LogP contribution < -0.4 is 18.9 Å². The van der Waals surface area contributed by atoms with Gasteiger partial charge in [-0.2, -0.15) is 21.6 Å². The lowest BCUT2D eigenvalue weighted by Gasteiger charge is -2.30. The maximum Gasteiger partial charge on any atom is 0.534 e. The van der Waals surface area contributed by atoms with Gasteiger partial charge in [0.2, 0.25) is 6.79 Å². The summed E-state index contributed by atoms with van der Waals surface area (Å²) in [5.74, 6) is -1.31. The molecule has 0 spiro atoms. The van der Waals surface area contributed by atoms with Crippen LogP contribution in [-0.4, -0.2) is 33.8 Å². The summed E-state index contributed by atoms with van der Waals surface area (Å²) < 4.78 is 96.2. The maximum absolute atomic E-state index is 13.4. The normalized spacial score (nSPS) is 16.3. The number of esters is 1. The minimum Gasteiger partial charge on any atom is -0.489 e. The highest BCUT2D eigenvalue weighted by Crippen LogP contribution is 2.47. The zero-order valence-electron chi connectivity index (χ0n) is 20.1. The van der Waals surface area contributed by atoms with Crippen molar-refractivity contribution in [3.63, 3.8) is 0 Å². The van der Waals surface area contributed by atoms with E-state index in [2.05, 4.69) is 4.18 Å². The number of methoxy groups -OCH3 is 1. The quantitative estimate of drug-likeness (QED) is 0.226. The lowest BCUT2D eigenvalue weighted by atomic mass is 9.94. The first-order valence-electron chi connectivity index (χ1n) is 11.3. The summed E-state index contributed by atoms with van der Waals surface area (Å²) >= 11 is 0. The predicted molar refractivity (Wildman–Crippen MR) is 128 cm³/mol. The standard InChI is InChI=1S/C26H19F3O9S/c1-33-25(30)22-23(16-7-9-20-21(11-16)36-14-35-20)37-19-10-8-17(34-13-15-5-3-2-4-6-15)12-18(19)24(22)38-39(31,32)26(27,28)29/h2-12,23H,13-14H2,1H3. The van der Waals surface area contributed by atoms with Gasteiger partial charge >= 0.3 is 21.6 Å². The number of carbonyl (C=O) groups excluding carboxylic acids is 1. The average molecular weight is 564 g/mol. The lowest BCUT2D eigenvalue weighted by Crippen LogP contribution is -2.29. The Labute approximate surface area is 220 Å². The van der Waals surface area contributed by atoms with E-state index < -0.39 is 39.0 Å². The van der Waals surface area contributed by atoms with E-state index in [9.17, 15) is 26.4 Å². The van der Waals surface area contributed by atoms with E-state index in [1.54, 1.807) is 24.3 Å². The molecule has 9 nitrogen and oxygen atoms in total. The Bertz CT molecular complexity index is 1550. The van der Waals surface area contributed by atoms with Gasteiger partial charge in [0, 0.05) is 5.56 Å². The monoisotopic (exact) mass is 564 g/mol. The van der Waals surface area contributed by atoms with E-state index >= 15 is 0 Å². The molecule has 0 N–H and O–H groups in total. The molecule has 0 aromatic heterocycles. The van der Waals surface area contributed by atoms with Crippen molar-refractivity contribution < 1.29 is 54.3 Å². The molecular formula is C26H19F3O9S. The molecule has 3 aromatic rings. The van der Waals surface area contributed by atoms with Gasteiger partial charge in [-0.15, -0.1) is 0 Å². The van der Waals surface area contributed by atoms with Gasteiger partial charge < -0.3 is 27.9 Å². The predicted octanol–water partition coefficient (Wildman–Crippen LogP) is 4.88. The third-order valence-electron chi connectivity index (χ3n) is 5.78. The Balaban J connectivity index is 1.63. The summed E-state index contributed by atoms with van der Waals surface area (Å²) in [5.41, 5.74) is -5.62. The highest BCUT2D eigenvalue weighted by Gasteiger charge is 2.51. The van der Waals surface area contributed by atoms with Crippen molar-refractivity contribution in [2.45, 2.75) is 18.2 Å². The van der Waals surface area contributed by atoms with E-state index in [1.807, 2.05) is 6.07 Å². The number of alkyl halides is 3. The van der Waals surface area contributed by atoms with Gasteiger partial charge in [0.25, 0.3) is 0 Å². The van der Waals surface area contributed by atoms with Gasteiger partial charge in [0.1, 0.15) is 23.7 Å². The van der Waals surface area contributed by atoms with Gasteiger partial charge in [0.05, 0.1) is 12.7 Å².